The molecular formula is C14H19NO4. The van der Waals surface area contributed by atoms with Crippen LogP contribution in [0.25, 0.3) is 0 Å². The summed E-state index contributed by atoms with van der Waals surface area (Å²) in [6.07, 6.45) is -0.136. The lowest BCUT2D eigenvalue weighted by Gasteiger charge is -2.24. The minimum absolute atomic E-state index is 0.131. The Kier molecular flexibility index (Phi) is 4.92. The van der Waals surface area contributed by atoms with E-state index >= 15 is 0 Å². The number of rotatable bonds is 6. The molecule has 0 aliphatic rings. The second-order valence-corrected chi connectivity index (χ2v) is 5.06. The van der Waals surface area contributed by atoms with Crippen LogP contribution in [0.5, 0.6) is 5.75 Å². The van der Waals surface area contributed by atoms with Crippen LogP contribution >= 0.6 is 0 Å². The molecule has 0 bridgehead atoms. The molecule has 0 radical (unpaired) electrons. The standard InChI is InChI=1S/C14H19NO4/c1-10-6-4-5-7-11(10)19-9-12(16)15-14(2,3)8-13(17)18/h4-7H,8-9H2,1-3H3,(H,15,16)(H,17,18). The molecule has 0 atom stereocenters. The highest BCUT2D eigenvalue weighted by Gasteiger charge is 2.23. The Balaban J connectivity index is 2.48. The topological polar surface area (TPSA) is 75.6 Å². The molecule has 104 valence electrons. The zero-order valence-corrected chi connectivity index (χ0v) is 11.4. The van der Waals surface area contributed by atoms with Crippen molar-refractivity contribution in [2.45, 2.75) is 32.7 Å². The molecule has 5 nitrogen and oxygen atoms in total. The van der Waals surface area contributed by atoms with E-state index in [4.69, 9.17) is 9.84 Å². The van der Waals surface area contributed by atoms with E-state index in [2.05, 4.69) is 5.32 Å². The van der Waals surface area contributed by atoms with Gasteiger partial charge in [-0.1, -0.05) is 18.2 Å². The number of aryl methyl sites for hydroxylation is 1. The summed E-state index contributed by atoms with van der Waals surface area (Å²) in [5.74, 6) is -0.645. The molecule has 0 spiro atoms. The fourth-order valence-electron chi connectivity index (χ4n) is 1.70. The number of benzene rings is 1. The highest BCUT2D eigenvalue weighted by atomic mass is 16.5. The van der Waals surface area contributed by atoms with Crippen molar-refractivity contribution in [3.8, 4) is 5.75 Å². The number of ether oxygens (including phenoxy) is 1. The van der Waals surface area contributed by atoms with Crippen LogP contribution in [-0.4, -0.2) is 29.1 Å². The van der Waals surface area contributed by atoms with Gasteiger partial charge in [0.1, 0.15) is 5.75 Å². The van der Waals surface area contributed by atoms with Crippen molar-refractivity contribution in [3.63, 3.8) is 0 Å². The predicted octanol–water partition coefficient (Wildman–Crippen LogP) is 1.74. The molecule has 0 aromatic heterocycles. The highest BCUT2D eigenvalue weighted by Crippen LogP contribution is 2.16. The first-order chi connectivity index (χ1) is 8.80. The first-order valence-electron chi connectivity index (χ1n) is 6.01. The second-order valence-electron chi connectivity index (χ2n) is 5.06. The normalized spacial score (nSPS) is 10.9. The van der Waals surface area contributed by atoms with Crippen LogP contribution in [0, 0.1) is 6.92 Å². The minimum atomic E-state index is -0.954. The molecule has 19 heavy (non-hydrogen) atoms. The number of amides is 1. The Hall–Kier alpha value is -2.04. The van der Waals surface area contributed by atoms with E-state index < -0.39 is 11.5 Å². The third kappa shape index (κ3) is 5.42. The molecular weight excluding hydrogens is 246 g/mol. The molecule has 1 aromatic rings. The number of aliphatic carboxylic acids is 1. The lowest BCUT2D eigenvalue weighted by molar-refractivity contribution is -0.138. The molecule has 5 heteroatoms. The summed E-state index contributed by atoms with van der Waals surface area (Å²) in [6, 6.07) is 7.39. The highest BCUT2D eigenvalue weighted by molar-refractivity contribution is 5.79. The van der Waals surface area contributed by atoms with Crippen molar-refractivity contribution in [2.24, 2.45) is 0 Å². The molecule has 0 fully saturated rings. The van der Waals surface area contributed by atoms with Gasteiger partial charge >= 0.3 is 5.97 Å². The number of carbonyl (C=O) groups excluding carboxylic acids is 1. The number of carboxylic acid groups (broad SMARTS) is 1. The molecule has 0 heterocycles. The number of hydrogen-bond acceptors (Lipinski definition) is 3. The minimum Gasteiger partial charge on any atom is -0.484 e. The first kappa shape index (κ1) is 15.0. The molecule has 0 aliphatic carbocycles. The van der Waals surface area contributed by atoms with Gasteiger partial charge in [0.05, 0.1) is 6.42 Å². The van der Waals surface area contributed by atoms with Crippen molar-refractivity contribution < 1.29 is 19.4 Å². The quantitative estimate of drug-likeness (QED) is 0.821. The maximum Gasteiger partial charge on any atom is 0.305 e. The molecule has 1 amide bonds. The lowest BCUT2D eigenvalue weighted by atomic mass is 10.0. The van der Waals surface area contributed by atoms with Gasteiger partial charge in [0, 0.05) is 5.54 Å². The molecule has 0 saturated heterocycles. The maximum absolute atomic E-state index is 11.7. The van der Waals surface area contributed by atoms with Gasteiger partial charge in [0.15, 0.2) is 6.61 Å². The largest absolute Gasteiger partial charge is 0.484 e. The Morgan fingerprint density at radius 2 is 1.95 bits per heavy atom. The Bertz CT molecular complexity index is 468. The Labute approximate surface area is 112 Å². The van der Waals surface area contributed by atoms with Crippen molar-refractivity contribution in [2.75, 3.05) is 6.61 Å². The van der Waals surface area contributed by atoms with Crippen LogP contribution in [0.4, 0.5) is 0 Å². The van der Waals surface area contributed by atoms with Crippen LogP contribution in [0.3, 0.4) is 0 Å². The number of carboxylic acids is 1. The fraction of sp³-hybridized carbons (Fsp3) is 0.429. The monoisotopic (exact) mass is 265 g/mol. The summed E-state index contributed by atoms with van der Waals surface area (Å²) in [5, 5.41) is 11.4. The predicted molar refractivity (Wildman–Crippen MR) is 71.1 cm³/mol. The number of hydrogen-bond donors (Lipinski definition) is 2. The van der Waals surface area contributed by atoms with E-state index in [0.717, 1.165) is 5.56 Å². The maximum atomic E-state index is 11.7. The van der Waals surface area contributed by atoms with E-state index in [-0.39, 0.29) is 18.9 Å². The van der Waals surface area contributed by atoms with Gasteiger partial charge in [-0.2, -0.15) is 0 Å². The summed E-state index contributed by atoms with van der Waals surface area (Å²) < 4.78 is 5.39. The van der Waals surface area contributed by atoms with Gasteiger partial charge in [-0.25, -0.2) is 0 Å². The van der Waals surface area contributed by atoms with E-state index in [1.807, 2.05) is 25.1 Å². The van der Waals surface area contributed by atoms with Crippen LogP contribution in [0.2, 0.25) is 0 Å². The molecule has 0 unspecified atom stereocenters. The molecule has 0 saturated carbocycles. The van der Waals surface area contributed by atoms with Crippen molar-refractivity contribution >= 4 is 11.9 Å². The van der Waals surface area contributed by atoms with E-state index in [1.54, 1.807) is 19.9 Å². The van der Waals surface area contributed by atoms with E-state index in [9.17, 15) is 9.59 Å². The van der Waals surface area contributed by atoms with Crippen LogP contribution in [-0.2, 0) is 9.59 Å². The van der Waals surface area contributed by atoms with Gasteiger partial charge in [-0.3, -0.25) is 9.59 Å². The summed E-state index contributed by atoms with van der Waals surface area (Å²) in [5.41, 5.74) is 0.151. The molecule has 1 rings (SSSR count). The summed E-state index contributed by atoms with van der Waals surface area (Å²) >= 11 is 0. The third-order valence-corrected chi connectivity index (χ3v) is 2.52. The van der Waals surface area contributed by atoms with Crippen LogP contribution < -0.4 is 10.1 Å². The SMILES string of the molecule is Cc1ccccc1OCC(=O)NC(C)(C)CC(=O)O. The van der Waals surface area contributed by atoms with Gasteiger partial charge in [0.2, 0.25) is 0 Å². The first-order valence-corrected chi connectivity index (χ1v) is 6.01. The number of carbonyl (C=O) groups is 2. The van der Waals surface area contributed by atoms with Crippen molar-refractivity contribution in [3.05, 3.63) is 29.8 Å². The molecule has 2 N–H and O–H groups in total. The zero-order valence-electron chi connectivity index (χ0n) is 11.4. The van der Waals surface area contributed by atoms with Gasteiger partial charge in [0.25, 0.3) is 5.91 Å². The summed E-state index contributed by atoms with van der Waals surface area (Å²) in [7, 11) is 0. The molecule has 0 aliphatic heterocycles. The third-order valence-electron chi connectivity index (χ3n) is 2.52. The van der Waals surface area contributed by atoms with E-state index in [1.165, 1.54) is 0 Å². The van der Waals surface area contributed by atoms with Gasteiger partial charge in [-0.15, -0.1) is 0 Å². The van der Waals surface area contributed by atoms with Gasteiger partial charge < -0.3 is 15.2 Å². The smallest absolute Gasteiger partial charge is 0.305 e. The van der Waals surface area contributed by atoms with E-state index in [0.29, 0.717) is 5.75 Å². The summed E-state index contributed by atoms with van der Waals surface area (Å²) in [4.78, 5) is 22.3. The fourth-order valence-corrected chi connectivity index (χ4v) is 1.70. The average molecular weight is 265 g/mol. The Morgan fingerprint density at radius 1 is 1.32 bits per heavy atom. The van der Waals surface area contributed by atoms with Crippen LogP contribution in [0.15, 0.2) is 24.3 Å². The second kappa shape index (κ2) is 6.22. The average Bonchev–Trinajstić information content (AvgIpc) is 2.25. The Morgan fingerprint density at radius 3 is 2.53 bits per heavy atom. The lowest BCUT2D eigenvalue weighted by Crippen LogP contribution is -2.46. The van der Waals surface area contributed by atoms with Gasteiger partial charge in [-0.05, 0) is 32.4 Å². The summed E-state index contributed by atoms with van der Waals surface area (Å²) in [6.45, 7) is 5.08. The zero-order chi connectivity index (χ0) is 14.5. The van der Waals surface area contributed by atoms with Crippen molar-refractivity contribution in [1.82, 2.24) is 5.32 Å². The van der Waals surface area contributed by atoms with Crippen LogP contribution in [0.1, 0.15) is 25.8 Å². The number of nitrogens with one attached hydrogen (secondary N) is 1. The van der Waals surface area contributed by atoms with Crippen molar-refractivity contribution in [1.29, 1.82) is 0 Å². The molecule has 1 aromatic carbocycles. The number of para-hydroxylation sites is 1.